The summed E-state index contributed by atoms with van der Waals surface area (Å²) in [6.07, 6.45) is -0.0711. The third-order valence-electron chi connectivity index (χ3n) is 5.55. The number of Topliss-reactive ketones (excluding diaryl/α,β-unsaturated/α-hetero) is 2. The lowest BCUT2D eigenvalue weighted by molar-refractivity contribution is -0.127. The second-order valence-electron chi connectivity index (χ2n) is 7.62. The fourth-order valence-electron chi connectivity index (χ4n) is 3.89. The number of hydrogen-bond acceptors (Lipinski definition) is 5. The van der Waals surface area contributed by atoms with E-state index < -0.39 is 6.10 Å². The van der Waals surface area contributed by atoms with E-state index >= 15 is 0 Å². The van der Waals surface area contributed by atoms with Crippen LogP contribution in [0.15, 0.2) is 36.4 Å². The van der Waals surface area contributed by atoms with Crippen molar-refractivity contribution in [2.75, 3.05) is 22.9 Å². The van der Waals surface area contributed by atoms with E-state index in [0.29, 0.717) is 35.5 Å². The Morgan fingerprint density at radius 2 is 1.67 bits per heavy atom. The molecule has 154 valence electrons. The number of rotatable bonds is 4. The molecule has 0 bridgehead atoms. The number of ether oxygens (including phenoxy) is 1. The van der Waals surface area contributed by atoms with Crippen molar-refractivity contribution in [2.45, 2.75) is 33.3 Å². The van der Waals surface area contributed by atoms with Crippen molar-refractivity contribution in [3.05, 3.63) is 53.1 Å². The van der Waals surface area contributed by atoms with Gasteiger partial charge in [0.25, 0.3) is 5.91 Å². The van der Waals surface area contributed by atoms with Crippen LogP contribution in [-0.4, -0.2) is 42.6 Å². The topological polar surface area (TPSA) is 84.0 Å². The predicted octanol–water partition coefficient (Wildman–Crippen LogP) is 2.80. The Bertz CT molecular complexity index is 1090. The van der Waals surface area contributed by atoms with Crippen molar-refractivity contribution in [2.24, 2.45) is 0 Å². The molecule has 0 fully saturated rings. The number of fused-ring (bicyclic) bond motifs is 2. The largest absolute Gasteiger partial charge is 0.479 e. The van der Waals surface area contributed by atoms with Crippen molar-refractivity contribution in [3.8, 4) is 5.75 Å². The van der Waals surface area contributed by atoms with Crippen LogP contribution in [0, 0.1) is 0 Å². The average molecular weight is 406 g/mol. The highest BCUT2D eigenvalue weighted by Crippen LogP contribution is 2.36. The van der Waals surface area contributed by atoms with Gasteiger partial charge in [-0.05, 0) is 69.2 Å². The number of nitrogens with zero attached hydrogens (tertiary/aromatic N) is 2. The lowest BCUT2D eigenvalue weighted by Gasteiger charge is -2.33. The van der Waals surface area contributed by atoms with Crippen molar-refractivity contribution in [1.29, 1.82) is 0 Å². The fraction of sp³-hybridized carbons (Fsp3) is 0.304. The summed E-state index contributed by atoms with van der Waals surface area (Å²) >= 11 is 0. The Balaban J connectivity index is 1.63. The summed E-state index contributed by atoms with van der Waals surface area (Å²) in [5.74, 6) is -0.250. The molecule has 0 saturated heterocycles. The van der Waals surface area contributed by atoms with Crippen molar-refractivity contribution < 1.29 is 23.9 Å². The van der Waals surface area contributed by atoms with E-state index in [4.69, 9.17) is 4.74 Å². The Kier molecular flexibility index (Phi) is 4.89. The van der Waals surface area contributed by atoms with Gasteiger partial charge in [-0.2, -0.15) is 0 Å². The predicted molar refractivity (Wildman–Crippen MR) is 111 cm³/mol. The molecule has 0 aromatic heterocycles. The molecule has 7 nitrogen and oxygen atoms in total. The third kappa shape index (κ3) is 3.36. The van der Waals surface area contributed by atoms with Gasteiger partial charge in [-0.25, -0.2) is 0 Å². The molecule has 2 amide bonds. The SMILES string of the molecule is CC(=O)c1ccc2c(c1)CCN2C(=O)CN1C(=O)C(C)Oc2ccc(C(C)=O)cc21. The standard InChI is InChI=1S/C23H22N2O5/c1-13(26)16-4-6-19-18(10-16)8-9-24(19)22(28)12-25-20-11-17(14(2)27)5-7-21(20)30-15(3)23(25)29/h4-7,10-11,15H,8-9,12H2,1-3H3. The molecule has 30 heavy (non-hydrogen) atoms. The van der Waals surface area contributed by atoms with Gasteiger partial charge >= 0.3 is 0 Å². The molecule has 2 aromatic carbocycles. The molecular formula is C23H22N2O5. The Hall–Kier alpha value is -3.48. The Morgan fingerprint density at radius 3 is 2.37 bits per heavy atom. The first-order valence-electron chi connectivity index (χ1n) is 9.83. The summed E-state index contributed by atoms with van der Waals surface area (Å²) in [5, 5.41) is 0. The molecule has 1 unspecified atom stereocenters. The molecule has 7 heteroatoms. The maximum atomic E-state index is 13.1. The van der Waals surface area contributed by atoms with Crippen molar-refractivity contribution in [1.82, 2.24) is 0 Å². The van der Waals surface area contributed by atoms with Crippen LogP contribution in [0.1, 0.15) is 47.1 Å². The quantitative estimate of drug-likeness (QED) is 0.729. The van der Waals surface area contributed by atoms with Gasteiger partial charge < -0.3 is 9.64 Å². The molecule has 2 heterocycles. The number of benzene rings is 2. The maximum absolute atomic E-state index is 13.1. The molecule has 1 atom stereocenters. The smallest absolute Gasteiger partial charge is 0.268 e. The molecule has 0 saturated carbocycles. The summed E-state index contributed by atoms with van der Waals surface area (Å²) in [6, 6.07) is 10.2. The lowest BCUT2D eigenvalue weighted by atomic mass is 10.1. The van der Waals surface area contributed by atoms with E-state index in [1.54, 1.807) is 42.2 Å². The molecule has 2 aliphatic heterocycles. The molecule has 2 aromatic rings. The summed E-state index contributed by atoms with van der Waals surface area (Å²) in [7, 11) is 0. The van der Waals surface area contributed by atoms with Gasteiger partial charge in [-0.1, -0.05) is 0 Å². The number of ketones is 2. The zero-order valence-corrected chi connectivity index (χ0v) is 17.1. The van der Waals surface area contributed by atoms with Crippen LogP contribution in [-0.2, 0) is 16.0 Å². The first-order chi connectivity index (χ1) is 14.3. The number of carbonyl (C=O) groups is 4. The van der Waals surface area contributed by atoms with Gasteiger partial charge in [-0.15, -0.1) is 0 Å². The first-order valence-corrected chi connectivity index (χ1v) is 9.83. The van der Waals surface area contributed by atoms with Crippen LogP contribution in [0.25, 0.3) is 0 Å². The van der Waals surface area contributed by atoms with Crippen LogP contribution in [0.5, 0.6) is 5.75 Å². The minimum Gasteiger partial charge on any atom is -0.479 e. The fourth-order valence-corrected chi connectivity index (χ4v) is 3.89. The molecule has 4 rings (SSSR count). The monoisotopic (exact) mass is 406 g/mol. The minimum absolute atomic E-state index is 0.0200. The summed E-state index contributed by atoms with van der Waals surface area (Å²) in [6.45, 7) is 4.92. The van der Waals surface area contributed by atoms with Crippen LogP contribution in [0.4, 0.5) is 11.4 Å². The number of carbonyl (C=O) groups excluding carboxylic acids is 4. The van der Waals surface area contributed by atoms with Gasteiger partial charge in [0.05, 0.1) is 5.69 Å². The molecule has 0 N–H and O–H groups in total. The second-order valence-corrected chi connectivity index (χ2v) is 7.62. The van der Waals surface area contributed by atoms with Crippen LogP contribution >= 0.6 is 0 Å². The van der Waals surface area contributed by atoms with Gasteiger partial charge in [0, 0.05) is 23.4 Å². The number of hydrogen-bond donors (Lipinski definition) is 0. The molecule has 0 aliphatic carbocycles. The minimum atomic E-state index is -0.725. The maximum Gasteiger partial charge on any atom is 0.268 e. The zero-order chi connectivity index (χ0) is 21.6. The molecule has 2 aliphatic rings. The van der Waals surface area contributed by atoms with Crippen molar-refractivity contribution in [3.63, 3.8) is 0 Å². The average Bonchev–Trinajstić information content (AvgIpc) is 3.14. The van der Waals surface area contributed by atoms with Crippen LogP contribution < -0.4 is 14.5 Å². The third-order valence-corrected chi connectivity index (χ3v) is 5.55. The lowest BCUT2D eigenvalue weighted by Crippen LogP contribution is -2.49. The Morgan fingerprint density at radius 1 is 1.00 bits per heavy atom. The highest BCUT2D eigenvalue weighted by atomic mass is 16.5. The van der Waals surface area contributed by atoms with Gasteiger partial charge in [0.15, 0.2) is 17.7 Å². The van der Waals surface area contributed by atoms with Gasteiger partial charge in [0.2, 0.25) is 5.91 Å². The molecule has 0 spiro atoms. The molecular weight excluding hydrogens is 384 g/mol. The normalized spacial score (nSPS) is 17.3. The Labute approximate surface area is 174 Å². The van der Waals surface area contributed by atoms with Crippen LogP contribution in [0.3, 0.4) is 0 Å². The van der Waals surface area contributed by atoms with E-state index in [1.807, 2.05) is 6.07 Å². The summed E-state index contributed by atoms with van der Waals surface area (Å²) in [5.41, 5.74) is 3.19. The number of anilines is 2. The first kappa shape index (κ1) is 19.8. The zero-order valence-electron chi connectivity index (χ0n) is 17.1. The van der Waals surface area contributed by atoms with Crippen LogP contribution in [0.2, 0.25) is 0 Å². The summed E-state index contributed by atoms with van der Waals surface area (Å²) < 4.78 is 5.65. The highest BCUT2D eigenvalue weighted by molar-refractivity contribution is 6.08. The van der Waals surface area contributed by atoms with E-state index in [1.165, 1.54) is 18.7 Å². The van der Waals surface area contributed by atoms with Crippen molar-refractivity contribution >= 4 is 34.8 Å². The van der Waals surface area contributed by atoms with E-state index in [-0.39, 0.29) is 29.9 Å². The number of amides is 2. The van der Waals surface area contributed by atoms with E-state index in [0.717, 1.165) is 11.3 Å². The van der Waals surface area contributed by atoms with E-state index in [2.05, 4.69) is 0 Å². The summed E-state index contributed by atoms with van der Waals surface area (Å²) in [4.78, 5) is 52.4. The second kappa shape index (κ2) is 7.40. The molecule has 0 radical (unpaired) electrons. The van der Waals surface area contributed by atoms with E-state index in [9.17, 15) is 19.2 Å². The highest BCUT2D eigenvalue weighted by Gasteiger charge is 2.35. The van der Waals surface area contributed by atoms with Gasteiger partial charge in [-0.3, -0.25) is 24.1 Å². The van der Waals surface area contributed by atoms with Gasteiger partial charge in [0.1, 0.15) is 12.3 Å².